The third-order valence-corrected chi connectivity index (χ3v) is 4.95. The molecule has 134 valence electrons. The predicted molar refractivity (Wildman–Crippen MR) is 101 cm³/mol. The van der Waals surface area contributed by atoms with Crippen LogP contribution in [0.15, 0.2) is 42.5 Å². The number of amides is 1. The summed E-state index contributed by atoms with van der Waals surface area (Å²) in [6.45, 7) is 5.07. The molecule has 0 saturated carbocycles. The number of carbonyl (C=O) groups is 1. The van der Waals surface area contributed by atoms with Gasteiger partial charge in [0.1, 0.15) is 12.4 Å². The van der Waals surface area contributed by atoms with Crippen molar-refractivity contribution in [3.63, 3.8) is 0 Å². The summed E-state index contributed by atoms with van der Waals surface area (Å²) >= 11 is 0. The second kappa shape index (κ2) is 6.94. The molecule has 0 spiro atoms. The maximum Gasteiger partial charge on any atom is 0.260 e. The molecule has 26 heavy (non-hydrogen) atoms. The average Bonchev–Trinajstić information content (AvgIpc) is 3.20. The second-order valence-corrected chi connectivity index (χ2v) is 6.58. The Labute approximate surface area is 152 Å². The second-order valence-electron chi connectivity index (χ2n) is 6.58. The van der Waals surface area contributed by atoms with Crippen molar-refractivity contribution in [1.29, 1.82) is 0 Å². The highest BCUT2D eigenvalue weighted by Crippen LogP contribution is 2.41. The van der Waals surface area contributed by atoms with Crippen molar-refractivity contribution in [3.05, 3.63) is 64.7 Å². The molecular weight excluding hydrogens is 328 g/mol. The number of nitrogens with one attached hydrogen (secondary N) is 1. The standard InChI is InChI=1S/C21H22N2O3/c1-2-23(9-10-24)12-14-7-8-16-15(11-14)13-26-20(16)19-17-5-3-4-6-18(17)22-21(19)25/h3-8,11,24H,2,9-10,12-13H2,1H3,(H,22,25)/b20-19+. The van der Waals surface area contributed by atoms with E-state index < -0.39 is 0 Å². The summed E-state index contributed by atoms with van der Waals surface area (Å²) in [5.74, 6) is 0.551. The van der Waals surface area contributed by atoms with Gasteiger partial charge in [-0.3, -0.25) is 9.69 Å². The van der Waals surface area contributed by atoms with Crippen molar-refractivity contribution >= 4 is 22.9 Å². The Morgan fingerprint density at radius 2 is 2.04 bits per heavy atom. The lowest BCUT2D eigenvalue weighted by Crippen LogP contribution is -2.26. The van der Waals surface area contributed by atoms with Crippen LogP contribution in [-0.2, 0) is 22.7 Å². The number of hydrogen-bond acceptors (Lipinski definition) is 4. The van der Waals surface area contributed by atoms with Crippen LogP contribution in [0.3, 0.4) is 0 Å². The Hall–Kier alpha value is -2.63. The quantitative estimate of drug-likeness (QED) is 0.814. The number of benzene rings is 2. The fourth-order valence-corrected chi connectivity index (χ4v) is 3.61. The van der Waals surface area contributed by atoms with E-state index in [-0.39, 0.29) is 12.5 Å². The van der Waals surface area contributed by atoms with Crippen LogP contribution in [-0.4, -0.2) is 35.6 Å². The molecule has 2 aliphatic rings. The van der Waals surface area contributed by atoms with E-state index in [0.29, 0.717) is 24.5 Å². The van der Waals surface area contributed by atoms with Gasteiger partial charge in [0.05, 0.1) is 12.2 Å². The lowest BCUT2D eigenvalue weighted by atomic mass is 9.99. The van der Waals surface area contributed by atoms with E-state index in [1.54, 1.807) is 0 Å². The van der Waals surface area contributed by atoms with Crippen molar-refractivity contribution in [2.75, 3.05) is 25.0 Å². The van der Waals surface area contributed by atoms with Gasteiger partial charge in [0.15, 0.2) is 0 Å². The number of aliphatic hydroxyl groups excluding tert-OH is 1. The number of ether oxygens (including phenoxy) is 1. The monoisotopic (exact) mass is 350 g/mol. The van der Waals surface area contributed by atoms with Crippen LogP contribution in [0.4, 0.5) is 5.69 Å². The summed E-state index contributed by atoms with van der Waals surface area (Å²) in [4.78, 5) is 14.7. The van der Waals surface area contributed by atoms with Crippen LogP contribution in [0.25, 0.3) is 11.3 Å². The van der Waals surface area contributed by atoms with Crippen LogP contribution < -0.4 is 5.32 Å². The molecule has 0 atom stereocenters. The zero-order chi connectivity index (χ0) is 18.1. The minimum Gasteiger partial charge on any atom is -0.487 e. The van der Waals surface area contributed by atoms with Crippen molar-refractivity contribution in [2.24, 2.45) is 0 Å². The van der Waals surface area contributed by atoms with E-state index in [9.17, 15) is 4.79 Å². The molecule has 0 fully saturated rings. The Bertz CT molecular complexity index is 889. The topological polar surface area (TPSA) is 61.8 Å². The lowest BCUT2D eigenvalue weighted by Gasteiger charge is -2.19. The third kappa shape index (κ3) is 2.89. The van der Waals surface area contributed by atoms with Crippen LogP contribution in [0.2, 0.25) is 0 Å². The molecule has 0 radical (unpaired) electrons. The molecule has 2 heterocycles. The van der Waals surface area contributed by atoms with Gasteiger partial charge >= 0.3 is 0 Å². The van der Waals surface area contributed by atoms with E-state index in [1.165, 1.54) is 5.56 Å². The van der Waals surface area contributed by atoms with E-state index in [2.05, 4.69) is 29.3 Å². The molecular formula is C21H22N2O3. The highest BCUT2D eigenvalue weighted by molar-refractivity contribution is 6.36. The fraction of sp³-hybridized carbons (Fsp3) is 0.286. The number of aliphatic hydroxyl groups is 1. The lowest BCUT2D eigenvalue weighted by molar-refractivity contribution is -0.110. The normalized spacial score (nSPS) is 17.9. The molecule has 0 aromatic heterocycles. The van der Waals surface area contributed by atoms with Crippen LogP contribution in [0, 0.1) is 0 Å². The number of carbonyl (C=O) groups excluding carboxylic acids is 1. The molecule has 4 rings (SSSR count). The predicted octanol–water partition coefficient (Wildman–Crippen LogP) is 2.85. The highest BCUT2D eigenvalue weighted by Gasteiger charge is 2.32. The van der Waals surface area contributed by atoms with Gasteiger partial charge in [0.2, 0.25) is 0 Å². The number of nitrogens with zero attached hydrogens (tertiary/aromatic N) is 1. The van der Waals surface area contributed by atoms with Crippen LogP contribution >= 0.6 is 0 Å². The molecule has 5 nitrogen and oxygen atoms in total. The largest absolute Gasteiger partial charge is 0.487 e. The first-order valence-corrected chi connectivity index (χ1v) is 8.94. The number of para-hydroxylation sites is 1. The summed E-state index contributed by atoms with van der Waals surface area (Å²) < 4.78 is 5.93. The molecule has 0 bridgehead atoms. The van der Waals surface area contributed by atoms with Crippen molar-refractivity contribution in [2.45, 2.75) is 20.1 Å². The number of hydrogen-bond donors (Lipinski definition) is 2. The van der Waals surface area contributed by atoms with Crippen molar-refractivity contribution < 1.29 is 14.6 Å². The van der Waals surface area contributed by atoms with E-state index in [1.807, 2.05) is 30.3 Å². The summed E-state index contributed by atoms with van der Waals surface area (Å²) in [5.41, 5.74) is 5.61. The molecule has 2 aliphatic heterocycles. The summed E-state index contributed by atoms with van der Waals surface area (Å²) in [6, 6.07) is 13.9. The SMILES string of the molecule is CCN(CCO)Cc1ccc2c(c1)CO/C2=C1/C(=O)Nc2ccccc21. The minimum absolute atomic E-state index is 0.113. The van der Waals surface area contributed by atoms with Gasteiger partial charge < -0.3 is 15.2 Å². The first kappa shape index (κ1) is 16.8. The van der Waals surface area contributed by atoms with E-state index in [4.69, 9.17) is 9.84 Å². The van der Waals surface area contributed by atoms with Crippen molar-refractivity contribution in [3.8, 4) is 0 Å². The third-order valence-electron chi connectivity index (χ3n) is 4.95. The summed E-state index contributed by atoms with van der Waals surface area (Å²) in [5, 5.41) is 12.1. The Kier molecular flexibility index (Phi) is 4.49. The molecule has 0 saturated heterocycles. The Balaban J connectivity index is 1.68. The molecule has 0 unspecified atom stereocenters. The fourth-order valence-electron chi connectivity index (χ4n) is 3.61. The molecule has 5 heteroatoms. The van der Waals surface area contributed by atoms with Gasteiger partial charge in [-0.2, -0.15) is 0 Å². The van der Waals surface area contributed by atoms with Gasteiger partial charge in [-0.15, -0.1) is 0 Å². The molecule has 2 aromatic carbocycles. The first-order chi connectivity index (χ1) is 12.7. The number of rotatable bonds is 5. The molecule has 0 aliphatic carbocycles. The summed E-state index contributed by atoms with van der Waals surface area (Å²) in [6.07, 6.45) is 0. The zero-order valence-electron chi connectivity index (χ0n) is 14.8. The van der Waals surface area contributed by atoms with Crippen LogP contribution in [0.1, 0.15) is 29.2 Å². The average molecular weight is 350 g/mol. The van der Waals surface area contributed by atoms with Gasteiger partial charge in [0, 0.05) is 35.5 Å². The summed E-state index contributed by atoms with van der Waals surface area (Å²) in [7, 11) is 0. The maximum absolute atomic E-state index is 12.5. The molecule has 2 N–H and O–H groups in total. The van der Waals surface area contributed by atoms with Gasteiger partial charge in [-0.25, -0.2) is 0 Å². The smallest absolute Gasteiger partial charge is 0.260 e. The van der Waals surface area contributed by atoms with E-state index >= 15 is 0 Å². The van der Waals surface area contributed by atoms with Gasteiger partial charge in [0.25, 0.3) is 5.91 Å². The van der Waals surface area contributed by atoms with E-state index in [0.717, 1.165) is 35.5 Å². The van der Waals surface area contributed by atoms with Crippen LogP contribution in [0.5, 0.6) is 0 Å². The maximum atomic E-state index is 12.5. The first-order valence-electron chi connectivity index (χ1n) is 8.94. The highest BCUT2D eigenvalue weighted by atomic mass is 16.5. The number of anilines is 1. The Morgan fingerprint density at radius 1 is 1.19 bits per heavy atom. The Morgan fingerprint density at radius 3 is 2.85 bits per heavy atom. The zero-order valence-corrected chi connectivity index (χ0v) is 14.8. The molecule has 2 aromatic rings. The number of fused-ring (bicyclic) bond motifs is 2. The van der Waals surface area contributed by atoms with Crippen molar-refractivity contribution in [1.82, 2.24) is 4.90 Å². The van der Waals surface area contributed by atoms with Gasteiger partial charge in [-0.05, 0) is 18.2 Å². The molecule has 1 amide bonds. The van der Waals surface area contributed by atoms with Gasteiger partial charge in [-0.1, -0.05) is 43.3 Å². The number of likely N-dealkylation sites (N-methyl/N-ethyl adjacent to an activating group) is 1. The minimum atomic E-state index is -0.113.